The summed E-state index contributed by atoms with van der Waals surface area (Å²) < 4.78 is 0. The van der Waals surface area contributed by atoms with Gasteiger partial charge in [-0.25, -0.2) is 44.9 Å². The second kappa shape index (κ2) is 34.8. The normalized spacial score (nSPS) is 11.6. The van der Waals surface area contributed by atoms with Gasteiger partial charge in [-0.2, -0.15) is 0 Å². The zero-order valence-electron chi connectivity index (χ0n) is 70.1. The first-order chi connectivity index (χ1) is 63.9. The van der Waals surface area contributed by atoms with E-state index >= 15 is 0 Å². The van der Waals surface area contributed by atoms with Gasteiger partial charge in [0.25, 0.3) is 0 Å². The molecule has 0 N–H and O–H groups in total. The maximum atomic E-state index is 4.93. The average Bonchev–Trinajstić information content (AvgIpc) is 1.48. The van der Waals surface area contributed by atoms with E-state index in [1.165, 1.54) is 83.5 Å². The van der Waals surface area contributed by atoms with Crippen LogP contribution in [0.2, 0.25) is 0 Å². The predicted molar refractivity (Wildman–Crippen MR) is 519 cm³/mol. The minimum atomic E-state index is 0.647. The Morgan fingerprint density at radius 2 is 0.388 bits per heavy atom. The van der Waals surface area contributed by atoms with E-state index in [2.05, 4.69) is 236 Å². The van der Waals surface area contributed by atoms with Crippen molar-refractivity contribution < 1.29 is 0 Å². The molecule has 0 bridgehead atoms. The lowest BCUT2D eigenvalue weighted by molar-refractivity contribution is 1.07. The van der Waals surface area contributed by atoms with Crippen LogP contribution in [0.15, 0.2) is 437 Å². The highest BCUT2D eigenvalue weighted by Gasteiger charge is 2.27. The quantitative estimate of drug-likeness (QED) is 0.0959. The molecular weight excluding hydrogens is 1570 g/mol. The lowest BCUT2D eigenvalue weighted by atomic mass is 9.95. The molecule has 0 saturated heterocycles. The first-order valence-electron chi connectivity index (χ1n) is 43.3. The summed E-state index contributed by atoms with van der Waals surface area (Å²) in [5, 5.41) is 0. The molecule has 12 heteroatoms. The van der Waals surface area contributed by atoms with E-state index in [0.717, 1.165) is 120 Å². The summed E-state index contributed by atoms with van der Waals surface area (Å²) in [5.41, 5.74) is 37.7. The fraction of sp³-hybridized carbons (Fsp3) is 0.0256. The Morgan fingerprint density at radius 3 is 0.744 bits per heavy atom. The predicted octanol–water partition coefficient (Wildman–Crippen LogP) is 27.5. The van der Waals surface area contributed by atoms with Crippen LogP contribution < -0.4 is 0 Å². The van der Waals surface area contributed by atoms with E-state index in [4.69, 9.17) is 54.8 Å². The van der Waals surface area contributed by atoms with Crippen molar-refractivity contribution in [2.75, 3.05) is 0 Å². The Labute approximate surface area is 747 Å². The lowest BCUT2D eigenvalue weighted by Gasteiger charge is -2.12. The molecule has 129 heavy (non-hydrogen) atoms. The zero-order valence-corrected chi connectivity index (χ0v) is 70.1. The number of pyridine rings is 3. The third-order valence-corrected chi connectivity index (χ3v) is 24.1. The molecule has 606 valence electrons. The minimum Gasteiger partial charge on any atom is -0.263 e. The SMILES string of the molecule is c1ccc(-c2nc(-c3ccccc3)nc(-c3cccc(-c4ccc(-c5ccnc6c5Cc5ccccc5-6)cc4)c3)n2)cc1.c1ccc(-c2nc(-c3ccccc3)nc(-c3cccc(-c4cccc(-c5ccnc6c5Cc5ccccc5-6)c4)c3)n2)cc1.c1ccc(-c2nc(-c3ccccc3)nc(-c3cccc(-c4cccc(-c5cncc6c5Cc5ccccc5-6)c4)c3)n2)cc1. The maximum absolute atomic E-state index is 4.93. The number of hydrogen-bond acceptors (Lipinski definition) is 12. The van der Waals surface area contributed by atoms with Crippen LogP contribution in [0.4, 0.5) is 0 Å². The van der Waals surface area contributed by atoms with Gasteiger partial charge in [0, 0.05) is 110 Å². The van der Waals surface area contributed by atoms with Gasteiger partial charge in [-0.3, -0.25) is 15.0 Å². The average molecular weight is 1650 g/mol. The standard InChI is InChI=1S/3C39H26N4/c1-3-11-26(12-4-1)37-41-38(27-13-5-2-6-14-27)43-39(42-37)32-19-10-17-29(22-32)28-16-9-18-30(21-28)35-24-40-25-36-33-20-8-7-15-31(33)23-34(35)36;1-3-11-26(12-4-1)37-41-38(27-13-5-2-6-14-27)43-39(42-37)32-19-10-17-29(24-32)28-16-9-18-30(23-28)33-21-22-40-36-34-20-8-7-15-31(34)25-35(33)36;1-3-10-28(11-4-1)37-41-38(29-12-5-2-6-13-29)43-39(42-37)32-16-9-15-30(24-32)26-18-20-27(21-19-26)33-22-23-40-36-34-17-8-7-14-31(34)25-35(33)36/h1-22,24-25H,23H2;2*1-24H,25H2. The van der Waals surface area contributed by atoms with Crippen LogP contribution in [-0.2, 0) is 19.3 Å². The number of aromatic nitrogens is 12. The van der Waals surface area contributed by atoms with E-state index in [-0.39, 0.29) is 0 Å². The monoisotopic (exact) mass is 1650 g/mol. The smallest absolute Gasteiger partial charge is 0.164 e. The highest BCUT2D eigenvalue weighted by molar-refractivity contribution is 5.89. The zero-order chi connectivity index (χ0) is 85.8. The molecule has 0 saturated carbocycles. The van der Waals surface area contributed by atoms with Gasteiger partial charge in [-0.1, -0.05) is 370 Å². The van der Waals surface area contributed by atoms with Gasteiger partial charge in [0.05, 0.1) is 11.4 Å². The van der Waals surface area contributed by atoms with Crippen molar-refractivity contribution in [2.24, 2.45) is 0 Å². The maximum Gasteiger partial charge on any atom is 0.164 e. The second-order valence-electron chi connectivity index (χ2n) is 32.2. The van der Waals surface area contributed by atoms with E-state index in [9.17, 15) is 0 Å². The fourth-order valence-corrected chi connectivity index (χ4v) is 17.7. The summed E-state index contributed by atoms with van der Waals surface area (Å²) >= 11 is 0. The van der Waals surface area contributed by atoms with Crippen molar-refractivity contribution in [3.63, 3.8) is 0 Å². The molecule has 0 aliphatic heterocycles. The number of benzene rings is 15. The Morgan fingerprint density at radius 1 is 0.147 bits per heavy atom. The molecule has 0 atom stereocenters. The number of hydrogen-bond donors (Lipinski definition) is 0. The van der Waals surface area contributed by atoms with E-state index in [1.54, 1.807) is 0 Å². The van der Waals surface area contributed by atoms with Gasteiger partial charge in [-0.15, -0.1) is 0 Å². The van der Waals surface area contributed by atoms with Gasteiger partial charge in [-0.05, 0) is 149 Å². The Balaban J connectivity index is 0.000000114. The highest BCUT2D eigenvalue weighted by Crippen LogP contribution is 2.46. The summed E-state index contributed by atoms with van der Waals surface area (Å²) in [5.74, 6) is 5.89. The Kier molecular flexibility index (Phi) is 21.0. The molecule has 12 nitrogen and oxygen atoms in total. The molecule has 15 aromatic carbocycles. The van der Waals surface area contributed by atoms with Crippen LogP contribution in [0.1, 0.15) is 33.4 Å². The molecule has 3 aliphatic carbocycles. The molecule has 0 fully saturated rings. The summed E-state index contributed by atoms with van der Waals surface area (Å²) in [6, 6.07) is 142. The van der Waals surface area contributed by atoms with Crippen LogP contribution in [0.3, 0.4) is 0 Å². The largest absolute Gasteiger partial charge is 0.263 e. The van der Waals surface area contributed by atoms with E-state index in [0.29, 0.717) is 52.4 Å². The van der Waals surface area contributed by atoms with E-state index in [1.807, 2.05) is 207 Å². The summed E-state index contributed by atoms with van der Waals surface area (Å²) in [4.78, 5) is 58.2. The minimum absolute atomic E-state index is 0.647. The van der Waals surface area contributed by atoms with Crippen molar-refractivity contribution >= 4 is 0 Å². The van der Waals surface area contributed by atoms with Crippen molar-refractivity contribution in [1.29, 1.82) is 0 Å². The van der Waals surface area contributed by atoms with Crippen molar-refractivity contribution in [1.82, 2.24) is 59.8 Å². The molecule has 6 heterocycles. The molecule has 6 aromatic heterocycles. The molecule has 21 aromatic rings. The van der Waals surface area contributed by atoms with Crippen molar-refractivity contribution in [3.05, 3.63) is 471 Å². The highest BCUT2D eigenvalue weighted by atomic mass is 15.1. The first-order valence-corrected chi connectivity index (χ1v) is 43.3. The van der Waals surface area contributed by atoms with Crippen LogP contribution in [0.5, 0.6) is 0 Å². The summed E-state index contributed by atoms with van der Waals surface area (Å²) in [6.07, 6.45) is 10.6. The van der Waals surface area contributed by atoms with Crippen LogP contribution in [0, 0.1) is 0 Å². The lowest BCUT2D eigenvalue weighted by Crippen LogP contribution is -2.00. The topological polar surface area (TPSA) is 155 Å². The number of nitrogens with zero attached hydrogens (tertiary/aromatic N) is 12. The van der Waals surface area contributed by atoms with Gasteiger partial charge in [0.1, 0.15) is 0 Å². The molecule has 0 amide bonds. The third-order valence-electron chi connectivity index (χ3n) is 24.1. The van der Waals surface area contributed by atoms with Gasteiger partial charge in [0.2, 0.25) is 0 Å². The van der Waals surface area contributed by atoms with Gasteiger partial charge in [0.15, 0.2) is 52.4 Å². The van der Waals surface area contributed by atoms with Gasteiger partial charge < -0.3 is 0 Å². The number of fused-ring (bicyclic) bond motifs is 9. The molecular formula is C117H78N12. The summed E-state index contributed by atoms with van der Waals surface area (Å²) in [7, 11) is 0. The fourth-order valence-electron chi connectivity index (χ4n) is 17.7. The Bertz CT molecular complexity index is 7270. The molecule has 0 unspecified atom stereocenters. The first kappa shape index (κ1) is 77.8. The second-order valence-corrected chi connectivity index (χ2v) is 32.2. The number of rotatable bonds is 15. The molecule has 0 spiro atoms. The molecule has 0 radical (unpaired) electrons. The van der Waals surface area contributed by atoms with Crippen LogP contribution in [0.25, 0.3) is 203 Å². The molecule has 3 aliphatic rings. The van der Waals surface area contributed by atoms with Crippen molar-refractivity contribution in [3.8, 4) is 203 Å². The third kappa shape index (κ3) is 16.1. The molecule has 24 rings (SSSR count). The Hall–Kier alpha value is -17.2. The van der Waals surface area contributed by atoms with Gasteiger partial charge >= 0.3 is 0 Å². The van der Waals surface area contributed by atoms with E-state index < -0.39 is 0 Å². The summed E-state index contributed by atoms with van der Waals surface area (Å²) in [6.45, 7) is 0. The van der Waals surface area contributed by atoms with Crippen LogP contribution in [-0.4, -0.2) is 59.8 Å². The van der Waals surface area contributed by atoms with Crippen molar-refractivity contribution in [2.45, 2.75) is 19.3 Å². The van der Waals surface area contributed by atoms with Crippen LogP contribution >= 0.6 is 0 Å².